The van der Waals surface area contributed by atoms with E-state index in [2.05, 4.69) is 16.0 Å². The van der Waals surface area contributed by atoms with Crippen molar-refractivity contribution in [3.63, 3.8) is 0 Å². The number of nitrogens with zero attached hydrogens (tertiary/aromatic N) is 3. The Kier molecular flexibility index (Phi) is 4.42. The highest BCUT2D eigenvalue weighted by Gasteiger charge is 2.11. The molecular formula is C22H18N4O2. The zero-order valence-electron chi connectivity index (χ0n) is 15.5. The van der Waals surface area contributed by atoms with Gasteiger partial charge in [-0.2, -0.15) is 5.26 Å². The first-order valence-corrected chi connectivity index (χ1v) is 8.95. The summed E-state index contributed by atoms with van der Waals surface area (Å²) in [5, 5.41) is 9.23. The van der Waals surface area contributed by atoms with E-state index in [1.165, 1.54) is 0 Å². The molecule has 138 valence electrons. The summed E-state index contributed by atoms with van der Waals surface area (Å²) in [7, 11) is 0. The predicted molar refractivity (Wildman–Crippen MR) is 107 cm³/mol. The summed E-state index contributed by atoms with van der Waals surface area (Å²) in [6.07, 6.45) is 1.60. The van der Waals surface area contributed by atoms with E-state index in [9.17, 15) is 10.1 Å². The van der Waals surface area contributed by atoms with Crippen LogP contribution in [0.2, 0.25) is 0 Å². The first-order valence-electron chi connectivity index (χ1n) is 8.95. The third-order valence-corrected chi connectivity index (χ3v) is 4.56. The summed E-state index contributed by atoms with van der Waals surface area (Å²) < 4.78 is 7.42. The van der Waals surface area contributed by atoms with Crippen LogP contribution < -0.4 is 10.4 Å². The van der Waals surface area contributed by atoms with Gasteiger partial charge in [0, 0.05) is 6.07 Å². The summed E-state index contributed by atoms with van der Waals surface area (Å²) in [6.45, 7) is 4.07. The van der Waals surface area contributed by atoms with Gasteiger partial charge >= 0.3 is 5.69 Å². The molecule has 0 atom stereocenters. The number of hydrogen-bond acceptors (Lipinski definition) is 4. The summed E-state index contributed by atoms with van der Waals surface area (Å²) in [4.78, 5) is 19.5. The van der Waals surface area contributed by atoms with Crippen LogP contribution in [0, 0.1) is 11.3 Å². The van der Waals surface area contributed by atoms with Crippen molar-refractivity contribution < 1.29 is 4.74 Å². The van der Waals surface area contributed by atoms with Crippen LogP contribution in [0.4, 0.5) is 0 Å². The lowest BCUT2D eigenvalue weighted by Gasteiger charge is -2.11. The molecule has 2 aromatic heterocycles. The van der Waals surface area contributed by atoms with Gasteiger partial charge in [-0.3, -0.25) is 4.57 Å². The van der Waals surface area contributed by atoms with E-state index in [0.29, 0.717) is 22.9 Å². The number of hydrogen-bond donors (Lipinski definition) is 1. The van der Waals surface area contributed by atoms with Gasteiger partial charge in [-0.25, -0.2) is 9.78 Å². The van der Waals surface area contributed by atoms with Crippen LogP contribution in [0.25, 0.3) is 16.7 Å². The lowest BCUT2D eigenvalue weighted by Crippen LogP contribution is -2.14. The molecule has 0 unspecified atom stereocenters. The van der Waals surface area contributed by atoms with Crippen LogP contribution >= 0.6 is 0 Å². The molecule has 4 aromatic rings. The van der Waals surface area contributed by atoms with Gasteiger partial charge < -0.3 is 9.72 Å². The monoisotopic (exact) mass is 370 g/mol. The quantitative estimate of drug-likeness (QED) is 0.573. The Labute approximate surface area is 161 Å². The lowest BCUT2D eigenvalue weighted by molar-refractivity contribution is 0.461. The first-order chi connectivity index (χ1) is 13.6. The van der Waals surface area contributed by atoms with E-state index in [1.54, 1.807) is 35.0 Å². The number of H-pyrrole nitrogens is 1. The predicted octanol–water partition coefficient (Wildman–Crippen LogP) is 4.50. The van der Waals surface area contributed by atoms with Crippen molar-refractivity contribution in [1.82, 2.24) is 14.5 Å². The van der Waals surface area contributed by atoms with Crippen molar-refractivity contribution in [2.24, 2.45) is 0 Å². The Hall–Kier alpha value is -3.85. The Balaban J connectivity index is 1.64. The van der Waals surface area contributed by atoms with E-state index in [0.717, 1.165) is 16.6 Å². The maximum absolute atomic E-state index is 12.3. The average molecular weight is 370 g/mol. The Morgan fingerprint density at radius 1 is 1.14 bits per heavy atom. The number of benzene rings is 2. The molecule has 0 bridgehead atoms. The van der Waals surface area contributed by atoms with Crippen LogP contribution in [0.15, 0.2) is 65.6 Å². The molecule has 0 saturated carbocycles. The van der Waals surface area contributed by atoms with Gasteiger partial charge in [-0.05, 0) is 47.9 Å². The normalized spacial score (nSPS) is 10.9. The van der Waals surface area contributed by atoms with Crippen molar-refractivity contribution in [2.45, 2.75) is 19.8 Å². The minimum Gasteiger partial charge on any atom is -0.439 e. The summed E-state index contributed by atoms with van der Waals surface area (Å²) >= 11 is 0. The largest absolute Gasteiger partial charge is 0.439 e. The second kappa shape index (κ2) is 7.05. The second-order valence-corrected chi connectivity index (χ2v) is 6.75. The molecule has 0 aliphatic heterocycles. The minimum atomic E-state index is -0.217. The van der Waals surface area contributed by atoms with E-state index < -0.39 is 0 Å². The number of aromatic nitrogens is 3. The number of pyridine rings is 1. The Morgan fingerprint density at radius 2 is 1.96 bits per heavy atom. The SMILES string of the molecule is CC(C)c1cc(Oc2ccc(-n3c(=O)[nH]c4ccccc43)cn2)ccc1C#N. The average Bonchev–Trinajstić information content (AvgIpc) is 3.04. The number of imidazole rings is 1. The molecule has 0 spiro atoms. The Morgan fingerprint density at radius 3 is 2.68 bits per heavy atom. The maximum atomic E-state index is 12.3. The summed E-state index contributed by atoms with van der Waals surface area (Å²) in [5.41, 5.74) is 3.57. The fraction of sp³-hybridized carbons (Fsp3) is 0.136. The van der Waals surface area contributed by atoms with Crippen molar-refractivity contribution in [1.29, 1.82) is 5.26 Å². The summed E-state index contributed by atoms with van der Waals surface area (Å²) in [6, 6.07) is 18.6. The van der Waals surface area contributed by atoms with Crippen molar-refractivity contribution in [2.75, 3.05) is 0 Å². The molecular weight excluding hydrogens is 352 g/mol. The van der Waals surface area contributed by atoms with Crippen molar-refractivity contribution >= 4 is 11.0 Å². The third-order valence-electron chi connectivity index (χ3n) is 4.56. The molecule has 0 amide bonds. The highest BCUT2D eigenvalue weighted by molar-refractivity contribution is 5.77. The maximum Gasteiger partial charge on any atom is 0.331 e. The topological polar surface area (TPSA) is 83.7 Å². The van der Waals surface area contributed by atoms with Crippen molar-refractivity contribution in [3.8, 4) is 23.4 Å². The smallest absolute Gasteiger partial charge is 0.331 e. The molecule has 2 heterocycles. The van der Waals surface area contributed by atoms with E-state index in [1.807, 2.05) is 44.2 Å². The summed E-state index contributed by atoms with van der Waals surface area (Å²) in [5.74, 6) is 1.24. The molecule has 0 aliphatic carbocycles. The van der Waals surface area contributed by atoms with Gasteiger partial charge in [-0.1, -0.05) is 26.0 Å². The second-order valence-electron chi connectivity index (χ2n) is 6.75. The van der Waals surface area contributed by atoms with Crippen LogP contribution in [-0.4, -0.2) is 14.5 Å². The van der Waals surface area contributed by atoms with Gasteiger partial charge in [0.2, 0.25) is 5.88 Å². The first kappa shape index (κ1) is 17.6. The molecule has 0 aliphatic rings. The Bertz CT molecular complexity index is 1240. The van der Waals surface area contributed by atoms with Crippen LogP contribution in [-0.2, 0) is 0 Å². The van der Waals surface area contributed by atoms with Gasteiger partial charge in [0.15, 0.2) is 0 Å². The molecule has 4 rings (SSSR count). The molecule has 2 aromatic carbocycles. The van der Waals surface area contributed by atoms with E-state index in [4.69, 9.17) is 4.74 Å². The molecule has 6 heteroatoms. The number of ether oxygens (including phenoxy) is 1. The number of aromatic amines is 1. The lowest BCUT2D eigenvalue weighted by atomic mass is 9.98. The number of para-hydroxylation sites is 2. The number of nitrogens with one attached hydrogen (secondary N) is 1. The van der Waals surface area contributed by atoms with Crippen molar-refractivity contribution in [3.05, 3.63) is 82.4 Å². The zero-order chi connectivity index (χ0) is 19.7. The molecule has 0 radical (unpaired) electrons. The van der Waals surface area contributed by atoms with Gasteiger partial charge in [0.1, 0.15) is 5.75 Å². The molecule has 0 saturated heterocycles. The molecule has 1 N–H and O–H groups in total. The molecule has 28 heavy (non-hydrogen) atoms. The minimum absolute atomic E-state index is 0.210. The fourth-order valence-corrected chi connectivity index (χ4v) is 3.18. The molecule has 6 nitrogen and oxygen atoms in total. The zero-order valence-corrected chi connectivity index (χ0v) is 15.5. The van der Waals surface area contributed by atoms with Crippen LogP contribution in [0.3, 0.4) is 0 Å². The number of fused-ring (bicyclic) bond motifs is 1. The highest BCUT2D eigenvalue weighted by Crippen LogP contribution is 2.27. The number of nitriles is 1. The van der Waals surface area contributed by atoms with Gasteiger partial charge in [0.25, 0.3) is 0 Å². The van der Waals surface area contributed by atoms with Gasteiger partial charge in [-0.15, -0.1) is 0 Å². The standard InChI is InChI=1S/C22H18N4O2/c1-14(2)18-11-17(9-7-15(18)12-23)28-21-10-8-16(13-24-21)26-20-6-4-3-5-19(20)25-22(26)27/h3-11,13-14H,1-2H3,(H,25,27). The highest BCUT2D eigenvalue weighted by atomic mass is 16.5. The van der Waals surface area contributed by atoms with E-state index in [-0.39, 0.29) is 11.6 Å². The molecule has 0 fully saturated rings. The fourth-order valence-electron chi connectivity index (χ4n) is 3.18. The van der Waals surface area contributed by atoms with E-state index >= 15 is 0 Å². The van der Waals surface area contributed by atoms with Crippen LogP contribution in [0.5, 0.6) is 11.6 Å². The van der Waals surface area contributed by atoms with Crippen LogP contribution in [0.1, 0.15) is 30.9 Å². The van der Waals surface area contributed by atoms with Gasteiger partial charge in [0.05, 0.1) is 34.6 Å². The third kappa shape index (κ3) is 3.14. The number of rotatable bonds is 4.